The molecule has 0 amide bonds. The van der Waals surface area contributed by atoms with E-state index in [1.807, 2.05) is 85.6 Å². The Morgan fingerprint density at radius 1 is 0.957 bits per heavy atom. The predicted octanol–water partition coefficient (Wildman–Crippen LogP) is 4.24. The number of anilines is 2. The maximum atomic E-state index is 10.6. The molecule has 3 rings (SSSR count). The van der Waals surface area contributed by atoms with E-state index < -0.39 is 6.10 Å². The Labute approximate surface area is 136 Å². The Hall–Kier alpha value is -2.65. The summed E-state index contributed by atoms with van der Waals surface area (Å²) in [6.07, 6.45) is 1.11. The van der Waals surface area contributed by atoms with E-state index in [1.165, 1.54) is 0 Å². The van der Waals surface area contributed by atoms with Crippen molar-refractivity contribution < 1.29 is 5.11 Å². The molecule has 1 unspecified atom stereocenters. The molecule has 116 valence electrons. The van der Waals surface area contributed by atoms with Crippen LogP contribution < -0.4 is 4.90 Å². The molecule has 3 aromatic rings. The first-order chi connectivity index (χ1) is 11.2. The van der Waals surface area contributed by atoms with Crippen LogP contribution in [0.2, 0.25) is 0 Å². The van der Waals surface area contributed by atoms with Gasteiger partial charge in [0.25, 0.3) is 0 Å². The molecular formula is C20H20N2O. The van der Waals surface area contributed by atoms with Crippen molar-refractivity contribution in [2.75, 3.05) is 11.9 Å². The number of aliphatic hydroxyl groups excluding tert-OH is 1. The van der Waals surface area contributed by atoms with Gasteiger partial charge in [0.15, 0.2) is 0 Å². The van der Waals surface area contributed by atoms with Crippen molar-refractivity contribution in [1.29, 1.82) is 0 Å². The van der Waals surface area contributed by atoms with E-state index in [1.54, 1.807) is 6.20 Å². The molecule has 23 heavy (non-hydrogen) atoms. The van der Waals surface area contributed by atoms with Crippen LogP contribution in [0.1, 0.15) is 22.8 Å². The lowest BCUT2D eigenvalue weighted by molar-refractivity contribution is 0.219. The predicted molar refractivity (Wildman–Crippen MR) is 94.0 cm³/mol. The zero-order valence-electron chi connectivity index (χ0n) is 13.3. The van der Waals surface area contributed by atoms with E-state index in [2.05, 4.69) is 4.98 Å². The van der Waals surface area contributed by atoms with Gasteiger partial charge in [-0.2, -0.15) is 0 Å². The van der Waals surface area contributed by atoms with Gasteiger partial charge in [0.2, 0.25) is 0 Å². The summed E-state index contributed by atoms with van der Waals surface area (Å²) >= 11 is 0. The lowest BCUT2D eigenvalue weighted by Crippen LogP contribution is -2.12. The molecule has 0 aliphatic heterocycles. The minimum atomic E-state index is -0.653. The molecular weight excluding hydrogens is 284 g/mol. The molecule has 3 nitrogen and oxygen atoms in total. The van der Waals surface area contributed by atoms with Crippen molar-refractivity contribution in [3.05, 3.63) is 89.6 Å². The number of benzene rings is 2. The summed E-state index contributed by atoms with van der Waals surface area (Å²) in [5.41, 5.74) is 3.81. The van der Waals surface area contributed by atoms with E-state index in [0.29, 0.717) is 0 Å². The second kappa shape index (κ2) is 6.63. The molecule has 0 spiro atoms. The fourth-order valence-corrected chi connectivity index (χ4v) is 2.62. The van der Waals surface area contributed by atoms with Crippen LogP contribution in [0.4, 0.5) is 11.5 Å². The van der Waals surface area contributed by atoms with Crippen molar-refractivity contribution in [2.24, 2.45) is 0 Å². The van der Waals surface area contributed by atoms with Gasteiger partial charge in [-0.1, -0.05) is 48.5 Å². The minimum absolute atomic E-state index is 0.653. The van der Waals surface area contributed by atoms with Crippen LogP contribution in [0.3, 0.4) is 0 Å². The van der Waals surface area contributed by atoms with Gasteiger partial charge in [-0.25, -0.2) is 4.98 Å². The number of rotatable bonds is 4. The molecule has 0 saturated carbocycles. The SMILES string of the molecule is Cc1cc(N(C)c2ccccc2)ncc1C(O)c1ccccc1. The van der Waals surface area contributed by atoms with Gasteiger partial charge in [0.05, 0.1) is 0 Å². The van der Waals surface area contributed by atoms with E-state index in [4.69, 9.17) is 0 Å². The summed E-state index contributed by atoms with van der Waals surface area (Å²) in [4.78, 5) is 6.56. The lowest BCUT2D eigenvalue weighted by Gasteiger charge is -2.21. The number of aliphatic hydroxyl groups is 1. The largest absolute Gasteiger partial charge is 0.384 e. The van der Waals surface area contributed by atoms with Crippen LogP contribution in [-0.4, -0.2) is 17.1 Å². The van der Waals surface area contributed by atoms with Gasteiger partial charge in [0, 0.05) is 24.5 Å². The molecule has 2 aromatic carbocycles. The second-order valence-corrected chi connectivity index (χ2v) is 5.61. The van der Waals surface area contributed by atoms with Gasteiger partial charge in [-0.3, -0.25) is 0 Å². The van der Waals surface area contributed by atoms with Crippen LogP contribution >= 0.6 is 0 Å². The van der Waals surface area contributed by atoms with E-state index in [-0.39, 0.29) is 0 Å². The minimum Gasteiger partial charge on any atom is -0.384 e. The second-order valence-electron chi connectivity index (χ2n) is 5.61. The normalized spacial score (nSPS) is 12.0. The zero-order chi connectivity index (χ0) is 16.2. The monoisotopic (exact) mass is 304 g/mol. The number of aromatic nitrogens is 1. The Morgan fingerprint density at radius 3 is 2.17 bits per heavy atom. The highest BCUT2D eigenvalue weighted by Crippen LogP contribution is 2.28. The van der Waals surface area contributed by atoms with Crippen molar-refractivity contribution in [3.63, 3.8) is 0 Å². The molecule has 1 aromatic heterocycles. The van der Waals surface area contributed by atoms with Crippen LogP contribution in [0.5, 0.6) is 0 Å². The summed E-state index contributed by atoms with van der Waals surface area (Å²) in [6.45, 7) is 2.01. The smallest absolute Gasteiger partial charge is 0.132 e. The summed E-state index contributed by atoms with van der Waals surface area (Å²) < 4.78 is 0. The number of nitrogens with zero attached hydrogens (tertiary/aromatic N) is 2. The fraction of sp³-hybridized carbons (Fsp3) is 0.150. The molecule has 0 aliphatic carbocycles. The molecule has 0 radical (unpaired) electrons. The van der Waals surface area contributed by atoms with Crippen LogP contribution in [0.25, 0.3) is 0 Å². The zero-order valence-corrected chi connectivity index (χ0v) is 13.3. The van der Waals surface area contributed by atoms with E-state index in [0.717, 1.165) is 28.2 Å². The molecule has 1 atom stereocenters. The summed E-state index contributed by atoms with van der Waals surface area (Å²) in [5, 5.41) is 10.6. The Kier molecular flexibility index (Phi) is 4.40. The quantitative estimate of drug-likeness (QED) is 0.783. The van der Waals surface area contributed by atoms with Gasteiger partial charge in [-0.05, 0) is 36.2 Å². The highest BCUT2D eigenvalue weighted by atomic mass is 16.3. The number of hydrogen-bond acceptors (Lipinski definition) is 3. The lowest BCUT2D eigenvalue weighted by atomic mass is 9.99. The summed E-state index contributed by atoms with van der Waals surface area (Å²) in [7, 11) is 1.99. The van der Waals surface area contributed by atoms with Crippen molar-refractivity contribution in [3.8, 4) is 0 Å². The number of para-hydroxylation sites is 1. The average Bonchev–Trinajstić information content (AvgIpc) is 2.62. The van der Waals surface area contributed by atoms with Crippen LogP contribution in [0, 0.1) is 6.92 Å². The Balaban J connectivity index is 1.89. The molecule has 1 heterocycles. The first-order valence-corrected chi connectivity index (χ1v) is 7.65. The van der Waals surface area contributed by atoms with Crippen molar-refractivity contribution in [2.45, 2.75) is 13.0 Å². The third-order valence-electron chi connectivity index (χ3n) is 4.03. The third kappa shape index (κ3) is 3.25. The summed E-state index contributed by atoms with van der Waals surface area (Å²) in [5.74, 6) is 0.859. The molecule has 0 bridgehead atoms. The van der Waals surface area contributed by atoms with Gasteiger partial charge in [-0.15, -0.1) is 0 Å². The van der Waals surface area contributed by atoms with Gasteiger partial charge in [0.1, 0.15) is 11.9 Å². The first kappa shape index (κ1) is 15.3. The topological polar surface area (TPSA) is 36.4 Å². The highest BCUT2D eigenvalue weighted by Gasteiger charge is 2.15. The molecule has 0 aliphatic rings. The van der Waals surface area contributed by atoms with Gasteiger partial charge >= 0.3 is 0 Å². The van der Waals surface area contributed by atoms with E-state index in [9.17, 15) is 5.11 Å². The highest BCUT2D eigenvalue weighted by molar-refractivity contribution is 5.60. The molecule has 0 saturated heterocycles. The Morgan fingerprint density at radius 2 is 1.57 bits per heavy atom. The standard InChI is InChI=1S/C20H20N2O/c1-15-13-19(22(2)17-11-7-4-8-12-17)21-14-18(15)20(23)16-9-5-3-6-10-16/h3-14,20,23H,1-2H3. The molecule has 0 fully saturated rings. The van der Waals surface area contributed by atoms with Crippen LogP contribution in [0.15, 0.2) is 72.9 Å². The van der Waals surface area contributed by atoms with Crippen molar-refractivity contribution in [1.82, 2.24) is 4.98 Å². The first-order valence-electron chi connectivity index (χ1n) is 7.65. The number of hydrogen-bond donors (Lipinski definition) is 1. The number of aryl methyl sites for hydroxylation is 1. The maximum Gasteiger partial charge on any atom is 0.132 e. The molecule has 3 heteroatoms. The fourth-order valence-electron chi connectivity index (χ4n) is 2.62. The number of pyridine rings is 1. The molecule has 1 N–H and O–H groups in total. The maximum absolute atomic E-state index is 10.6. The Bertz CT molecular complexity index is 772. The average molecular weight is 304 g/mol. The third-order valence-corrected chi connectivity index (χ3v) is 4.03. The van der Waals surface area contributed by atoms with Crippen molar-refractivity contribution >= 4 is 11.5 Å². The van der Waals surface area contributed by atoms with E-state index >= 15 is 0 Å². The van der Waals surface area contributed by atoms with Gasteiger partial charge < -0.3 is 10.0 Å². The summed E-state index contributed by atoms with van der Waals surface area (Å²) in [6, 6.07) is 21.8. The van der Waals surface area contributed by atoms with Crippen LogP contribution in [-0.2, 0) is 0 Å².